The van der Waals surface area contributed by atoms with Gasteiger partial charge in [-0.05, 0) is 55.8 Å². The van der Waals surface area contributed by atoms with Crippen LogP contribution in [0, 0.1) is 5.92 Å². The first-order valence-corrected chi connectivity index (χ1v) is 13.0. The number of methoxy groups -OCH3 is 1. The maximum atomic E-state index is 6.45. The molecule has 0 radical (unpaired) electrons. The predicted molar refractivity (Wildman–Crippen MR) is 115 cm³/mol. The highest BCUT2D eigenvalue weighted by Crippen LogP contribution is 2.39. The second-order valence-electron chi connectivity index (χ2n) is 9.51. The van der Waals surface area contributed by atoms with Crippen LogP contribution in [0.2, 0.25) is 18.1 Å². The number of rotatable bonds is 5. The Kier molecular flexibility index (Phi) is 5.59. The van der Waals surface area contributed by atoms with E-state index in [1.165, 1.54) is 12.8 Å². The van der Waals surface area contributed by atoms with Crippen LogP contribution in [-0.2, 0) is 4.43 Å². The molecule has 1 aliphatic rings. The van der Waals surface area contributed by atoms with Gasteiger partial charge in [0.15, 0.2) is 8.32 Å². The molecule has 1 fully saturated rings. The number of hydrogen-bond donors (Lipinski definition) is 1. The fraction of sp³-hybridized carbons (Fsp3) is 0.667. The highest BCUT2D eigenvalue weighted by Gasteiger charge is 2.38. The van der Waals surface area contributed by atoms with E-state index in [1.54, 1.807) is 7.11 Å². The highest BCUT2D eigenvalue weighted by molar-refractivity contribution is 6.74. The van der Waals surface area contributed by atoms with Crippen molar-refractivity contribution < 1.29 is 9.16 Å². The summed E-state index contributed by atoms with van der Waals surface area (Å²) >= 11 is 0. The quantitative estimate of drug-likeness (QED) is 0.551. The smallest absolute Gasteiger partial charge is 0.191 e. The molecule has 0 bridgehead atoms. The first kappa shape index (κ1) is 20.2. The maximum absolute atomic E-state index is 6.45. The number of aromatic nitrogens is 2. The molecule has 150 valence electrons. The van der Waals surface area contributed by atoms with Crippen molar-refractivity contribution in [1.82, 2.24) is 9.78 Å². The summed E-state index contributed by atoms with van der Waals surface area (Å²) < 4.78 is 13.9. The summed E-state index contributed by atoms with van der Waals surface area (Å²) in [5, 5.41) is 6.15. The lowest BCUT2D eigenvalue weighted by Gasteiger charge is -2.38. The van der Waals surface area contributed by atoms with Gasteiger partial charge in [-0.2, -0.15) is 5.10 Å². The van der Waals surface area contributed by atoms with Gasteiger partial charge < -0.3 is 14.9 Å². The summed E-state index contributed by atoms with van der Waals surface area (Å²) in [5.41, 5.74) is 7.64. The van der Waals surface area contributed by atoms with Gasteiger partial charge in [0.25, 0.3) is 0 Å². The van der Waals surface area contributed by atoms with Gasteiger partial charge in [-0.3, -0.25) is 4.68 Å². The standard InChI is InChI=1S/C21H35N3O2Si/c1-21(2,3)27(5,6)26-14-15-7-9-17(10-8-15)24-13-16-11-18(22)20(25-4)12-19(16)23-24/h11-13,15,17H,7-10,14,22H2,1-6H3/t15-,17-. The molecule has 0 amide bonds. The summed E-state index contributed by atoms with van der Waals surface area (Å²) in [6.07, 6.45) is 6.86. The van der Waals surface area contributed by atoms with Crippen molar-refractivity contribution in [3.05, 3.63) is 18.3 Å². The zero-order valence-corrected chi connectivity index (χ0v) is 18.7. The van der Waals surface area contributed by atoms with E-state index < -0.39 is 8.32 Å². The second kappa shape index (κ2) is 7.47. The lowest BCUT2D eigenvalue weighted by Crippen LogP contribution is -2.42. The number of ether oxygens (including phenoxy) is 1. The Labute approximate surface area is 164 Å². The van der Waals surface area contributed by atoms with Gasteiger partial charge in [-0.1, -0.05) is 20.8 Å². The molecular weight excluding hydrogens is 354 g/mol. The number of nitrogen functional groups attached to an aromatic ring is 1. The van der Waals surface area contributed by atoms with E-state index in [4.69, 9.17) is 20.0 Å². The van der Waals surface area contributed by atoms with E-state index in [-0.39, 0.29) is 5.04 Å². The molecule has 1 aromatic carbocycles. The average molecular weight is 390 g/mol. The van der Waals surface area contributed by atoms with Crippen LogP contribution in [0.1, 0.15) is 52.5 Å². The number of benzene rings is 1. The molecule has 1 heterocycles. The molecule has 6 heteroatoms. The second-order valence-corrected chi connectivity index (χ2v) is 14.3. The summed E-state index contributed by atoms with van der Waals surface area (Å²) in [6.45, 7) is 12.5. The van der Waals surface area contributed by atoms with Crippen LogP contribution in [0.25, 0.3) is 10.9 Å². The summed E-state index contributed by atoms with van der Waals surface area (Å²) in [6, 6.07) is 4.35. The van der Waals surface area contributed by atoms with Crippen LogP contribution in [0.4, 0.5) is 5.69 Å². The van der Waals surface area contributed by atoms with Crippen molar-refractivity contribution >= 4 is 24.9 Å². The summed E-state index contributed by atoms with van der Waals surface area (Å²) in [4.78, 5) is 0. The van der Waals surface area contributed by atoms with Gasteiger partial charge in [-0.15, -0.1) is 0 Å². The molecule has 0 saturated heterocycles. The zero-order valence-electron chi connectivity index (χ0n) is 17.7. The molecule has 0 aliphatic heterocycles. The summed E-state index contributed by atoms with van der Waals surface area (Å²) in [7, 11) is -0.00725. The third-order valence-electron chi connectivity index (χ3n) is 6.55. The van der Waals surface area contributed by atoms with Gasteiger partial charge in [0, 0.05) is 24.3 Å². The van der Waals surface area contributed by atoms with Crippen molar-refractivity contribution in [3.63, 3.8) is 0 Å². The molecule has 5 nitrogen and oxygen atoms in total. The minimum atomic E-state index is -1.65. The molecule has 2 N–H and O–H groups in total. The van der Waals surface area contributed by atoms with E-state index in [1.807, 2.05) is 12.1 Å². The van der Waals surface area contributed by atoms with Crippen LogP contribution in [0.3, 0.4) is 0 Å². The number of nitrogens with zero attached hydrogens (tertiary/aromatic N) is 2. The van der Waals surface area contributed by atoms with E-state index in [9.17, 15) is 0 Å². The molecular formula is C21H35N3O2Si. The number of hydrogen-bond acceptors (Lipinski definition) is 4. The molecule has 27 heavy (non-hydrogen) atoms. The van der Waals surface area contributed by atoms with Gasteiger partial charge in [-0.25, -0.2) is 0 Å². The van der Waals surface area contributed by atoms with Crippen molar-refractivity contribution in [3.8, 4) is 5.75 Å². The third kappa shape index (κ3) is 4.32. The monoisotopic (exact) mass is 389 g/mol. The third-order valence-corrected chi connectivity index (χ3v) is 11.1. The molecule has 1 aromatic heterocycles. The predicted octanol–water partition coefficient (Wildman–Crippen LogP) is 5.38. The number of nitrogens with two attached hydrogens (primary N) is 1. The fourth-order valence-corrected chi connectivity index (χ4v) is 4.66. The molecule has 3 rings (SSSR count). The lowest BCUT2D eigenvalue weighted by atomic mass is 9.87. The molecule has 0 spiro atoms. The van der Waals surface area contributed by atoms with Gasteiger partial charge in [0.2, 0.25) is 0 Å². The Morgan fingerprint density at radius 1 is 1.19 bits per heavy atom. The Morgan fingerprint density at radius 3 is 2.44 bits per heavy atom. The van der Waals surface area contributed by atoms with Crippen LogP contribution in [0.5, 0.6) is 5.75 Å². The average Bonchev–Trinajstić information content (AvgIpc) is 3.01. The van der Waals surface area contributed by atoms with Crippen molar-refractivity contribution in [2.45, 2.75) is 70.6 Å². The van der Waals surface area contributed by atoms with E-state index in [2.05, 4.69) is 44.7 Å². The topological polar surface area (TPSA) is 62.3 Å². The van der Waals surface area contributed by atoms with E-state index in [0.717, 1.165) is 30.4 Å². The maximum Gasteiger partial charge on any atom is 0.191 e. The van der Waals surface area contributed by atoms with Crippen molar-refractivity contribution in [2.24, 2.45) is 5.92 Å². The Hall–Kier alpha value is -1.53. The van der Waals surface area contributed by atoms with Gasteiger partial charge >= 0.3 is 0 Å². The van der Waals surface area contributed by atoms with Crippen LogP contribution >= 0.6 is 0 Å². The number of fused-ring (bicyclic) bond motifs is 1. The summed E-state index contributed by atoms with van der Waals surface area (Å²) in [5.74, 6) is 1.37. The van der Waals surface area contributed by atoms with Gasteiger partial charge in [0.1, 0.15) is 5.75 Å². The minimum absolute atomic E-state index is 0.280. The molecule has 2 aromatic rings. The molecule has 0 atom stereocenters. The van der Waals surface area contributed by atoms with E-state index in [0.29, 0.717) is 23.4 Å². The van der Waals surface area contributed by atoms with Gasteiger partial charge in [0.05, 0.1) is 24.4 Å². The first-order chi connectivity index (χ1) is 12.6. The van der Waals surface area contributed by atoms with E-state index >= 15 is 0 Å². The molecule has 1 aliphatic carbocycles. The zero-order chi connectivity index (χ0) is 19.8. The molecule has 1 saturated carbocycles. The van der Waals surface area contributed by atoms with Crippen LogP contribution in [-0.4, -0.2) is 31.8 Å². The Morgan fingerprint density at radius 2 is 1.85 bits per heavy atom. The van der Waals surface area contributed by atoms with Crippen LogP contribution < -0.4 is 10.5 Å². The van der Waals surface area contributed by atoms with Crippen molar-refractivity contribution in [1.29, 1.82) is 0 Å². The Balaban J connectivity index is 1.60. The number of anilines is 1. The minimum Gasteiger partial charge on any atom is -0.495 e. The van der Waals surface area contributed by atoms with Crippen LogP contribution in [0.15, 0.2) is 18.3 Å². The Bertz CT molecular complexity index is 787. The molecule has 0 unspecified atom stereocenters. The first-order valence-electron chi connectivity index (χ1n) is 10.1. The largest absolute Gasteiger partial charge is 0.495 e. The SMILES string of the molecule is COc1cc2nn([C@H]3CC[C@H](CO[Si](C)(C)C(C)(C)C)CC3)cc2cc1N. The van der Waals surface area contributed by atoms with Crippen molar-refractivity contribution in [2.75, 3.05) is 19.5 Å². The highest BCUT2D eigenvalue weighted by atomic mass is 28.4. The normalized spacial score (nSPS) is 21.6. The lowest BCUT2D eigenvalue weighted by molar-refractivity contribution is 0.169. The fourth-order valence-electron chi connectivity index (χ4n) is 3.57.